The van der Waals surface area contributed by atoms with Crippen molar-refractivity contribution in [2.45, 2.75) is 42.2 Å². The number of rotatable bonds is 11. The third kappa shape index (κ3) is 7.68. The number of benzene rings is 1. The van der Waals surface area contributed by atoms with Gasteiger partial charge in [-0.25, -0.2) is 5.48 Å². The molecule has 3 amide bonds. The summed E-state index contributed by atoms with van der Waals surface area (Å²) in [6.45, 7) is 3.93. The summed E-state index contributed by atoms with van der Waals surface area (Å²) in [7, 11) is 1.52. The molecule has 2 aromatic rings. The predicted molar refractivity (Wildman–Crippen MR) is 123 cm³/mol. The van der Waals surface area contributed by atoms with Crippen LogP contribution in [0.1, 0.15) is 25.8 Å². The first-order valence-corrected chi connectivity index (χ1v) is 11.8. The van der Waals surface area contributed by atoms with Gasteiger partial charge in [0.2, 0.25) is 11.8 Å². The Bertz CT molecular complexity index is 844. The van der Waals surface area contributed by atoms with E-state index in [0.29, 0.717) is 12.8 Å². The van der Waals surface area contributed by atoms with Crippen LogP contribution in [-0.2, 0) is 20.8 Å². The van der Waals surface area contributed by atoms with E-state index in [2.05, 4.69) is 10.6 Å². The topological polar surface area (TPSA) is 108 Å². The van der Waals surface area contributed by atoms with Crippen molar-refractivity contribution in [2.24, 2.45) is 11.8 Å². The van der Waals surface area contributed by atoms with Gasteiger partial charge in [0.05, 0.1) is 10.1 Å². The molecule has 0 bridgehead atoms. The van der Waals surface area contributed by atoms with Crippen LogP contribution in [0.5, 0.6) is 0 Å². The van der Waals surface area contributed by atoms with E-state index < -0.39 is 29.0 Å². The highest BCUT2D eigenvalue weighted by atomic mass is 32.2. The fraction of sp³-hybridized carbons (Fsp3) is 0.409. The number of hydrogen-bond donors (Lipinski definition) is 4. The predicted octanol–water partition coefficient (Wildman–Crippen LogP) is 2.85. The zero-order chi connectivity index (χ0) is 22.8. The summed E-state index contributed by atoms with van der Waals surface area (Å²) in [5, 5.41) is 15.8. The van der Waals surface area contributed by atoms with Crippen LogP contribution in [0.2, 0.25) is 0 Å². The average Bonchev–Trinajstić information content (AvgIpc) is 3.28. The zero-order valence-electron chi connectivity index (χ0n) is 17.8. The van der Waals surface area contributed by atoms with Gasteiger partial charge in [0, 0.05) is 13.5 Å². The number of hydrogen-bond acceptors (Lipinski definition) is 6. The Balaban J connectivity index is 2.27. The third-order valence-corrected chi connectivity index (χ3v) is 7.10. The lowest BCUT2D eigenvalue weighted by Crippen LogP contribution is -2.52. The van der Waals surface area contributed by atoms with Crippen molar-refractivity contribution in [2.75, 3.05) is 7.05 Å². The second-order valence-corrected chi connectivity index (χ2v) is 9.94. The number of likely N-dealkylation sites (N-methyl/N-ethyl adjacent to an activating group) is 1. The number of thiophene rings is 1. The van der Waals surface area contributed by atoms with Gasteiger partial charge in [0.25, 0.3) is 5.91 Å². The van der Waals surface area contributed by atoms with E-state index in [0.717, 1.165) is 9.77 Å². The van der Waals surface area contributed by atoms with Crippen molar-refractivity contribution in [3.63, 3.8) is 0 Å². The molecule has 1 heterocycles. The molecule has 0 aliphatic heterocycles. The van der Waals surface area contributed by atoms with Crippen molar-refractivity contribution in [1.29, 1.82) is 0 Å². The highest BCUT2D eigenvalue weighted by Gasteiger charge is 2.37. The van der Waals surface area contributed by atoms with Gasteiger partial charge in [-0.3, -0.25) is 19.6 Å². The Kier molecular flexibility index (Phi) is 10.0. The van der Waals surface area contributed by atoms with Crippen LogP contribution >= 0.6 is 23.1 Å². The minimum absolute atomic E-state index is 0.126. The maximum atomic E-state index is 13.3. The summed E-state index contributed by atoms with van der Waals surface area (Å²) in [6, 6.07) is 12.4. The fourth-order valence-corrected chi connectivity index (χ4v) is 5.34. The van der Waals surface area contributed by atoms with E-state index >= 15 is 0 Å². The maximum Gasteiger partial charge on any atom is 0.257 e. The molecule has 9 heteroatoms. The number of carbonyl (C=O) groups excluding carboxylic acids is 3. The highest BCUT2D eigenvalue weighted by molar-refractivity contribution is 8.02. The van der Waals surface area contributed by atoms with Crippen molar-refractivity contribution in [3.05, 3.63) is 53.4 Å². The molecule has 0 spiro atoms. The molecular weight excluding hydrogens is 434 g/mol. The van der Waals surface area contributed by atoms with Crippen LogP contribution in [0.25, 0.3) is 0 Å². The second kappa shape index (κ2) is 12.5. The molecule has 0 radical (unpaired) electrons. The molecule has 31 heavy (non-hydrogen) atoms. The first kappa shape index (κ1) is 24.9. The number of nitrogens with one attached hydrogen (secondary N) is 3. The Hall–Kier alpha value is -2.36. The van der Waals surface area contributed by atoms with Gasteiger partial charge in [0.15, 0.2) is 0 Å². The van der Waals surface area contributed by atoms with Gasteiger partial charge < -0.3 is 10.6 Å². The highest BCUT2D eigenvalue weighted by Crippen LogP contribution is 2.34. The van der Waals surface area contributed by atoms with E-state index in [1.165, 1.54) is 30.1 Å². The summed E-state index contributed by atoms with van der Waals surface area (Å²) < 4.78 is 0.863. The third-order valence-electron chi connectivity index (χ3n) is 4.70. The average molecular weight is 464 g/mol. The molecule has 1 aromatic heterocycles. The molecule has 0 fully saturated rings. The number of thioether (sulfide) groups is 1. The van der Waals surface area contributed by atoms with Crippen molar-refractivity contribution in [1.82, 2.24) is 16.1 Å². The first-order valence-electron chi connectivity index (χ1n) is 10.1. The molecule has 2 rings (SSSR count). The quantitative estimate of drug-likeness (QED) is 0.233. The molecule has 0 saturated carbocycles. The van der Waals surface area contributed by atoms with Crippen LogP contribution in [0.3, 0.4) is 0 Å². The molecule has 0 aliphatic rings. The summed E-state index contributed by atoms with van der Waals surface area (Å²) in [6.07, 6.45) is 0.754. The molecule has 1 aromatic carbocycles. The van der Waals surface area contributed by atoms with Gasteiger partial charge in [-0.1, -0.05) is 50.2 Å². The lowest BCUT2D eigenvalue weighted by molar-refractivity contribution is -0.135. The minimum atomic E-state index is -0.840. The van der Waals surface area contributed by atoms with Crippen LogP contribution in [0.4, 0.5) is 0 Å². The van der Waals surface area contributed by atoms with E-state index in [-0.39, 0.29) is 11.8 Å². The Labute approximate surface area is 191 Å². The van der Waals surface area contributed by atoms with Gasteiger partial charge in [-0.2, -0.15) is 0 Å². The lowest BCUT2D eigenvalue weighted by Gasteiger charge is -2.27. The van der Waals surface area contributed by atoms with Gasteiger partial charge in [-0.15, -0.1) is 23.1 Å². The Morgan fingerprint density at radius 1 is 1.03 bits per heavy atom. The van der Waals surface area contributed by atoms with Gasteiger partial charge in [-0.05, 0) is 29.3 Å². The van der Waals surface area contributed by atoms with Crippen LogP contribution < -0.4 is 16.1 Å². The normalized spacial score (nSPS) is 13.8. The largest absolute Gasteiger partial charge is 0.357 e. The van der Waals surface area contributed by atoms with Gasteiger partial charge >= 0.3 is 0 Å². The van der Waals surface area contributed by atoms with Crippen LogP contribution in [0, 0.1) is 11.8 Å². The standard InChI is InChI=1S/C22H29N3O4S2/c1-14(2)12-16(19(22(28)25-29)31-18-10-7-11-30-18)20(26)24-17(21(27)23-3)13-15-8-5-4-6-9-15/h4-11,14,16-17,19,29H,12-13H2,1-3H3,(H,23,27)(H,24,26)(H,25,28). The minimum Gasteiger partial charge on any atom is -0.357 e. The number of carbonyl (C=O) groups is 3. The monoisotopic (exact) mass is 463 g/mol. The lowest BCUT2D eigenvalue weighted by atomic mass is 9.92. The SMILES string of the molecule is CNC(=O)C(Cc1ccccc1)NC(=O)C(CC(C)C)C(Sc1cccs1)C(=O)NO. The molecule has 3 unspecified atom stereocenters. The second-order valence-electron chi connectivity index (χ2n) is 7.55. The van der Waals surface area contributed by atoms with E-state index in [1.54, 1.807) is 5.48 Å². The van der Waals surface area contributed by atoms with E-state index in [9.17, 15) is 19.6 Å². The summed E-state index contributed by atoms with van der Waals surface area (Å²) in [5.74, 6) is -1.95. The molecule has 4 N–H and O–H groups in total. The molecule has 3 atom stereocenters. The van der Waals surface area contributed by atoms with Crippen LogP contribution in [-0.4, -0.2) is 41.3 Å². The summed E-state index contributed by atoms with van der Waals surface area (Å²) >= 11 is 2.69. The molecule has 168 valence electrons. The fourth-order valence-electron chi connectivity index (χ4n) is 3.23. The van der Waals surface area contributed by atoms with Gasteiger partial charge in [0.1, 0.15) is 11.3 Å². The Morgan fingerprint density at radius 3 is 2.29 bits per heavy atom. The molecule has 7 nitrogen and oxygen atoms in total. The number of amides is 3. The van der Waals surface area contributed by atoms with E-state index in [1.807, 2.05) is 61.7 Å². The van der Waals surface area contributed by atoms with Crippen molar-refractivity contribution in [3.8, 4) is 0 Å². The molecular formula is C22H29N3O4S2. The maximum absolute atomic E-state index is 13.3. The first-order chi connectivity index (χ1) is 14.8. The smallest absolute Gasteiger partial charge is 0.257 e. The molecule has 0 saturated heterocycles. The summed E-state index contributed by atoms with van der Waals surface area (Å²) in [5.41, 5.74) is 2.61. The zero-order valence-corrected chi connectivity index (χ0v) is 19.5. The van der Waals surface area contributed by atoms with Crippen LogP contribution in [0.15, 0.2) is 52.1 Å². The summed E-state index contributed by atoms with van der Waals surface area (Å²) in [4.78, 5) is 38.3. The van der Waals surface area contributed by atoms with E-state index in [4.69, 9.17) is 0 Å². The molecule has 0 aliphatic carbocycles. The Morgan fingerprint density at radius 2 is 1.74 bits per heavy atom. The number of hydroxylamine groups is 1. The van der Waals surface area contributed by atoms with Crippen molar-refractivity contribution >= 4 is 40.8 Å². The van der Waals surface area contributed by atoms with Crippen molar-refractivity contribution < 1.29 is 19.6 Å².